The molecule has 4 heteroatoms. The number of rotatable bonds is 0. The average molecular weight is 191 g/mol. The zero-order valence-corrected chi connectivity index (χ0v) is 8.53. The van der Waals surface area contributed by atoms with Gasteiger partial charge in [-0.15, -0.1) is 0 Å². The van der Waals surface area contributed by atoms with Crippen LogP contribution in [0.15, 0.2) is 23.1 Å². The van der Waals surface area contributed by atoms with Crippen LogP contribution in [0.1, 0.15) is 26.6 Å². The second-order valence-corrected chi connectivity index (χ2v) is 4.41. The maximum Gasteiger partial charge on any atom is 0.183 e. The first kappa shape index (κ1) is 8.99. The molecule has 0 atom stereocenters. The number of hydrogen-bond donors (Lipinski definition) is 1. The van der Waals surface area contributed by atoms with Crippen molar-refractivity contribution in [1.29, 1.82) is 0 Å². The fraction of sp³-hybridized carbons (Fsp3) is 0.400. The number of nitrogens with one attached hydrogen (secondary N) is 1. The fourth-order valence-electron chi connectivity index (χ4n) is 1.24. The summed E-state index contributed by atoms with van der Waals surface area (Å²) in [6.45, 7) is 6.22. The van der Waals surface area contributed by atoms with Gasteiger partial charge in [0, 0.05) is 23.7 Å². The van der Waals surface area contributed by atoms with E-state index in [-0.39, 0.29) is 10.8 Å². The smallest absolute Gasteiger partial charge is 0.183 e. The topological polar surface area (TPSA) is 50.2 Å². The van der Waals surface area contributed by atoms with Gasteiger partial charge in [-0.25, -0.2) is 9.50 Å². The van der Waals surface area contributed by atoms with Gasteiger partial charge in [0.2, 0.25) is 0 Å². The van der Waals surface area contributed by atoms with Crippen molar-refractivity contribution in [1.82, 2.24) is 14.6 Å². The van der Waals surface area contributed by atoms with Crippen molar-refractivity contribution in [3.8, 4) is 0 Å². The predicted octanol–water partition coefficient (Wildman–Crippen LogP) is 1.32. The zero-order chi connectivity index (χ0) is 10.3. The Kier molecular flexibility index (Phi) is 1.74. The van der Waals surface area contributed by atoms with Crippen molar-refractivity contribution in [2.45, 2.75) is 26.2 Å². The van der Waals surface area contributed by atoms with E-state index in [2.05, 4.69) is 30.9 Å². The normalized spacial score (nSPS) is 12.2. The van der Waals surface area contributed by atoms with Gasteiger partial charge in [-0.2, -0.15) is 0 Å². The molecule has 0 saturated heterocycles. The molecule has 74 valence electrons. The Labute approximate surface area is 81.6 Å². The molecule has 14 heavy (non-hydrogen) atoms. The largest absolute Gasteiger partial charge is 0.290 e. The van der Waals surface area contributed by atoms with Crippen LogP contribution in [0, 0.1) is 0 Å². The van der Waals surface area contributed by atoms with Gasteiger partial charge in [0.15, 0.2) is 11.1 Å². The summed E-state index contributed by atoms with van der Waals surface area (Å²) in [5.74, 6) is 0.878. The van der Waals surface area contributed by atoms with Crippen molar-refractivity contribution in [3.63, 3.8) is 0 Å². The molecule has 0 saturated carbocycles. The van der Waals surface area contributed by atoms with Gasteiger partial charge < -0.3 is 0 Å². The lowest BCUT2D eigenvalue weighted by Gasteiger charge is -2.13. The Bertz CT molecular complexity index is 516. The highest BCUT2D eigenvalue weighted by atomic mass is 16.1. The summed E-state index contributed by atoms with van der Waals surface area (Å²) in [7, 11) is 0. The van der Waals surface area contributed by atoms with Gasteiger partial charge in [0.05, 0.1) is 0 Å². The molecule has 2 aromatic rings. The number of pyridine rings is 1. The summed E-state index contributed by atoms with van der Waals surface area (Å²) in [6, 6.07) is 3.03. The van der Waals surface area contributed by atoms with E-state index in [1.54, 1.807) is 10.7 Å². The van der Waals surface area contributed by atoms with Crippen LogP contribution in [-0.4, -0.2) is 14.6 Å². The van der Waals surface area contributed by atoms with E-state index in [9.17, 15) is 4.79 Å². The lowest BCUT2D eigenvalue weighted by Crippen LogP contribution is -2.13. The Morgan fingerprint density at radius 1 is 1.43 bits per heavy atom. The number of fused-ring (bicyclic) bond motifs is 1. The molecule has 0 amide bonds. The molecule has 0 bridgehead atoms. The average Bonchev–Trinajstić information content (AvgIpc) is 2.45. The Morgan fingerprint density at radius 3 is 2.79 bits per heavy atom. The van der Waals surface area contributed by atoms with Gasteiger partial charge in [-0.05, 0) is 0 Å². The first-order valence-electron chi connectivity index (χ1n) is 4.56. The molecule has 2 aromatic heterocycles. The van der Waals surface area contributed by atoms with Crippen LogP contribution in [0.4, 0.5) is 0 Å². The number of H-pyrrole nitrogens is 1. The first-order valence-corrected chi connectivity index (χ1v) is 4.56. The first-order chi connectivity index (χ1) is 6.47. The number of aromatic nitrogens is 3. The summed E-state index contributed by atoms with van der Waals surface area (Å²) >= 11 is 0. The minimum absolute atomic E-state index is 0.0167. The van der Waals surface area contributed by atoms with Crippen molar-refractivity contribution >= 4 is 5.65 Å². The van der Waals surface area contributed by atoms with E-state index in [1.165, 1.54) is 12.1 Å². The monoisotopic (exact) mass is 191 g/mol. The maximum absolute atomic E-state index is 11.1. The van der Waals surface area contributed by atoms with E-state index in [0.717, 1.165) is 5.82 Å². The number of nitrogens with zero attached hydrogens (tertiary/aromatic N) is 2. The zero-order valence-electron chi connectivity index (χ0n) is 8.53. The van der Waals surface area contributed by atoms with E-state index < -0.39 is 0 Å². The maximum atomic E-state index is 11.1. The van der Waals surface area contributed by atoms with Crippen LogP contribution in [0.3, 0.4) is 0 Å². The van der Waals surface area contributed by atoms with Crippen molar-refractivity contribution in [3.05, 3.63) is 34.4 Å². The van der Waals surface area contributed by atoms with Crippen molar-refractivity contribution < 1.29 is 0 Å². The van der Waals surface area contributed by atoms with Gasteiger partial charge in [-0.3, -0.25) is 9.89 Å². The highest BCUT2D eigenvalue weighted by Gasteiger charge is 2.17. The van der Waals surface area contributed by atoms with Gasteiger partial charge in [0.1, 0.15) is 5.82 Å². The fourth-order valence-corrected chi connectivity index (χ4v) is 1.24. The molecule has 0 unspecified atom stereocenters. The summed E-state index contributed by atoms with van der Waals surface area (Å²) < 4.78 is 1.75. The molecule has 2 heterocycles. The standard InChI is InChI=1S/C10H13N3O/c1-10(2,3)9-11-8-6-7(14)4-5-13(8)12-9/h4-6H,1-3H3,(H,11,12). The molecule has 0 aliphatic carbocycles. The van der Waals surface area contributed by atoms with Crippen LogP contribution < -0.4 is 5.43 Å². The van der Waals surface area contributed by atoms with Crippen molar-refractivity contribution in [2.24, 2.45) is 0 Å². The summed E-state index contributed by atoms with van der Waals surface area (Å²) in [5.41, 5.74) is 0.620. The third-order valence-corrected chi connectivity index (χ3v) is 2.07. The molecular weight excluding hydrogens is 178 g/mol. The molecule has 0 aliphatic heterocycles. The van der Waals surface area contributed by atoms with E-state index in [0.29, 0.717) is 5.65 Å². The van der Waals surface area contributed by atoms with Crippen LogP contribution >= 0.6 is 0 Å². The lowest BCUT2D eigenvalue weighted by atomic mass is 9.96. The quantitative estimate of drug-likeness (QED) is 0.682. The third kappa shape index (κ3) is 1.43. The number of aromatic amines is 1. The van der Waals surface area contributed by atoms with Crippen molar-refractivity contribution in [2.75, 3.05) is 0 Å². The molecule has 1 N–H and O–H groups in total. The molecule has 0 radical (unpaired) electrons. The minimum Gasteiger partial charge on any atom is -0.290 e. The van der Waals surface area contributed by atoms with E-state index in [4.69, 9.17) is 0 Å². The molecule has 0 aromatic carbocycles. The number of hydrogen-bond acceptors (Lipinski definition) is 2. The highest BCUT2D eigenvalue weighted by Crippen LogP contribution is 2.18. The highest BCUT2D eigenvalue weighted by molar-refractivity contribution is 5.37. The predicted molar refractivity (Wildman–Crippen MR) is 54.5 cm³/mol. The van der Waals surface area contributed by atoms with E-state index in [1.807, 2.05) is 0 Å². The Balaban J connectivity index is 2.69. The molecule has 0 aliphatic rings. The van der Waals surface area contributed by atoms with Gasteiger partial charge in [-0.1, -0.05) is 20.8 Å². The summed E-state index contributed by atoms with van der Waals surface area (Å²) in [4.78, 5) is 15.4. The van der Waals surface area contributed by atoms with E-state index >= 15 is 0 Å². The molecule has 2 rings (SSSR count). The second kappa shape index (κ2) is 2.70. The second-order valence-electron chi connectivity index (χ2n) is 4.41. The Morgan fingerprint density at radius 2 is 2.14 bits per heavy atom. The molecular formula is C10H13N3O. The molecule has 0 spiro atoms. The summed E-state index contributed by atoms with van der Waals surface area (Å²) in [6.07, 6.45) is 1.69. The summed E-state index contributed by atoms with van der Waals surface area (Å²) in [5, 5.41) is 3.13. The lowest BCUT2D eigenvalue weighted by molar-refractivity contribution is 0.545. The third-order valence-electron chi connectivity index (χ3n) is 2.07. The van der Waals surface area contributed by atoms with Crippen LogP contribution in [-0.2, 0) is 5.41 Å². The Hall–Kier alpha value is -1.58. The van der Waals surface area contributed by atoms with Crippen LogP contribution in [0.5, 0.6) is 0 Å². The van der Waals surface area contributed by atoms with Crippen LogP contribution in [0.2, 0.25) is 0 Å². The molecule has 4 nitrogen and oxygen atoms in total. The van der Waals surface area contributed by atoms with Gasteiger partial charge in [0.25, 0.3) is 0 Å². The van der Waals surface area contributed by atoms with Crippen LogP contribution in [0.25, 0.3) is 5.65 Å². The minimum atomic E-state index is -0.0327. The SMILES string of the molecule is CC(C)(C)c1nc2cc(=O)ccn2[nH]1. The van der Waals surface area contributed by atoms with Gasteiger partial charge >= 0.3 is 0 Å². The molecule has 0 fully saturated rings.